The SMILES string of the molecule is CCCCCCCCN(C)P(=O)(OCCSC(=O)C(C)(C)CO)OC[C@H]1O[C@@H](n2ccc(N)nc2=O)[C@@](C)(O)C1O. The second-order valence-corrected chi connectivity index (χ2v) is 14.4. The summed E-state index contributed by atoms with van der Waals surface area (Å²) in [6.45, 7) is 6.37. The first kappa shape index (κ1) is 35.8. The molecule has 1 aromatic rings. The molecule has 0 spiro atoms. The fraction of sp³-hybridized carbons (Fsp3) is 0.808. The van der Waals surface area contributed by atoms with Crippen LogP contribution in [0.4, 0.5) is 5.82 Å². The number of hydrogen-bond acceptors (Lipinski definition) is 12. The van der Waals surface area contributed by atoms with Gasteiger partial charge in [0, 0.05) is 18.5 Å². The third-order valence-electron chi connectivity index (χ3n) is 7.03. The van der Waals surface area contributed by atoms with Crippen LogP contribution in [0.3, 0.4) is 0 Å². The van der Waals surface area contributed by atoms with E-state index in [2.05, 4.69) is 11.9 Å². The van der Waals surface area contributed by atoms with Crippen molar-refractivity contribution in [3.63, 3.8) is 0 Å². The van der Waals surface area contributed by atoms with Crippen LogP contribution >= 0.6 is 19.5 Å². The molecular weight excluding hydrogens is 575 g/mol. The van der Waals surface area contributed by atoms with E-state index >= 15 is 0 Å². The topological polar surface area (TPSA) is 187 Å². The monoisotopic (exact) mass is 622 g/mol. The molecule has 236 valence electrons. The second kappa shape index (κ2) is 15.9. The largest absolute Gasteiger partial charge is 0.408 e. The minimum absolute atomic E-state index is 0.00408. The summed E-state index contributed by atoms with van der Waals surface area (Å²) in [5.41, 5.74) is 1.97. The maximum Gasteiger partial charge on any atom is 0.408 e. The molecule has 1 fully saturated rings. The summed E-state index contributed by atoms with van der Waals surface area (Å²) in [4.78, 5) is 28.3. The van der Waals surface area contributed by atoms with Gasteiger partial charge in [0.25, 0.3) is 0 Å². The number of carbonyl (C=O) groups is 1. The number of aliphatic hydroxyl groups excluding tert-OH is 2. The van der Waals surface area contributed by atoms with Crippen molar-refractivity contribution in [2.75, 3.05) is 44.9 Å². The Labute approximate surface area is 246 Å². The third kappa shape index (κ3) is 9.84. The van der Waals surface area contributed by atoms with Gasteiger partial charge in [-0.3, -0.25) is 18.4 Å². The summed E-state index contributed by atoms with van der Waals surface area (Å²) in [6, 6.07) is 1.36. The van der Waals surface area contributed by atoms with Gasteiger partial charge in [-0.05, 0) is 40.3 Å². The first-order chi connectivity index (χ1) is 19.2. The van der Waals surface area contributed by atoms with Crippen LogP contribution in [0.15, 0.2) is 17.1 Å². The number of rotatable bonds is 18. The maximum atomic E-state index is 13.9. The molecule has 1 aliphatic heterocycles. The number of ether oxygens (including phenoxy) is 1. The number of aromatic nitrogens is 2. The number of nitrogens with zero attached hydrogens (tertiary/aromatic N) is 3. The van der Waals surface area contributed by atoms with E-state index in [0.717, 1.165) is 54.9 Å². The smallest absolute Gasteiger partial charge is 0.395 e. The summed E-state index contributed by atoms with van der Waals surface area (Å²) in [7, 11) is -2.30. The molecule has 15 heteroatoms. The molecule has 5 atom stereocenters. The zero-order valence-electron chi connectivity index (χ0n) is 24.7. The fourth-order valence-corrected chi connectivity index (χ4v) is 6.62. The van der Waals surface area contributed by atoms with E-state index in [1.54, 1.807) is 20.9 Å². The van der Waals surface area contributed by atoms with Gasteiger partial charge < -0.3 is 25.8 Å². The fourth-order valence-electron chi connectivity index (χ4n) is 4.17. The molecule has 0 aromatic carbocycles. The minimum atomic E-state index is -3.92. The molecule has 0 bridgehead atoms. The van der Waals surface area contributed by atoms with Crippen LogP contribution in [0.5, 0.6) is 0 Å². The summed E-state index contributed by atoms with van der Waals surface area (Å²) in [5, 5.41) is 31.0. The highest BCUT2D eigenvalue weighted by atomic mass is 32.2. The lowest BCUT2D eigenvalue weighted by Crippen LogP contribution is -2.46. The molecule has 1 aliphatic rings. The van der Waals surface area contributed by atoms with Crippen LogP contribution in [0.25, 0.3) is 0 Å². The predicted octanol–water partition coefficient (Wildman–Crippen LogP) is 2.55. The van der Waals surface area contributed by atoms with Crippen molar-refractivity contribution >= 4 is 30.4 Å². The molecule has 1 saturated heterocycles. The standard InChI is InChI=1S/C26H47N4O9PS/c1-6-7-8-9-10-11-13-29(5)40(36,37-15-16-41-23(33)25(2,3)18-31)38-17-19-21(32)26(4,35)22(39-19)30-14-12-20(27)28-24(30)34/h12,14,19,21-22,31-32,35H,6-11,13,15-18H2,1-5H3,(H2,27,28,34)/t19-,21?,22-,26+,40?/m1/s1. The Balaban J connectivity index is 2.09. The van der Waals surface area contributed by atoms with E-state index in [9.17, 15) is 29.5 Å². The molecule has 5 N–H and O–H groups in total. The Morgan fingerprint density at radius 3 is 2.59 bits per heavy atom. The van der Waals surface area contributed by atoms with Gasteiger partial charge in [-0.1, -0.05) is 50.8 Å². The van der Waals surface area contributed by atoms with Gasteiger partial charge in [0.2, 0.25) is 0 Å². The molecule has 2 heterocycles. The normalized spacial score (nSPS) is 24.6. The summed E-state index contributed by atoms with van der Waals surface area (Å²) >= 11 is 0.969. The third-order valence-corrected chi connectivity index (χ3v) is 10.2. The highest BCUT2D eigenvalue weighted by molar-refractivity contribution is 8.13. The number of anilines is 1. The Morgan fingerprint density at radius 2 is 1.95 bits per heavy atom. The highest BCUT2D eigenvalue weighted by Gasteiger charge is 2.54. The number of nitrogens with two attached hydrogens (primary N) is 1. The number of unbranched alkanes of at least 4 members (excludes halogenated alkanes) is 5. The van der Waals surface area contributed by atoms with Gasteiger partial charge in [0.1, 0.15) is 23.6 Å². The van der Waals surface area contributed by atoms with Crippen molar-refractivity contribution in [3.05, 3.63) is 22.7 Å². The lowest BCUT2D eigenvalue weighted by Gasteiger charge is -2.29. The maximum absolute atomic E-state index is 13.9. The van der Waals surface area contributed by atoms with E-state index in [1.807, 2.05) is 0 Å². The Hall–Kier alpha value is -1.35. The lowest BCUT2D eigenvalue weighted by atomic mass is 9.96. The van der Waals surface area contributed by atoms with Crippen LogP contribution < -0.4 is 11.4 Å². The zero-order chi connectivity index (χ0) is 30.8. The first-order valence-electron chi connectivity index (χ1n) is 14.0. The van der Waals surface area contributed by atoms with Crippen molar-refractivity contribution in [3.8, 4) is 0 Å². The molecule has 0 radical (unpaired) electrons. The van der Waals surface area contributed by atoms with E-state index in [0.29, 0.717) is 6.54 Å². The van der Waals surface area contributed by atoms with Crippen LogP contribution in [0.2, 0.25) is 0 Å². The van der Waals surface area contributed by atoms with Crippen molar-refractivity contribution < 1.29 is 38.5 Å². The van der Waals surface area contributed by atoms with Gasteiger partial charge in [-0.2, -0.15) is 4.98 Å². The number of carbonyl (C=O) groups excluding carboxylic acids is 1. The zero-order valence-corrected chi connectivity index (χ0v) is 26.4. The van der Waals surface area contributed by atoms with Gasteiger partial charge >= 0.3 is 13.4 Å². The molecule has 1 aromatic heterocycles. The number of thioether (sulfide) groups is 1. The first-order valence-corrected chi connectivity index (χ1v) is 16.5. The number of nitrogen functional groups attached to an aromatic ring is 1. The van der Waals surface area contributed by atoms with E-state index in [1.165, 1.54) is 23.9 Å². The van der Waals surface area contributed by atoms with E-state index in [-0.39, 0.29) is 29.9 Å². The minimum Gasteiger partial charge on any atom is -0.395 e. The van der Waals surface area contributed by atoms with Gasteiger partial charge in [0.15, 0.2) is 11.3 Å². The van der Waals surface area contributed by atoms with Gasteiger partial charge in [-0.15, -0.1) is 0 Å². The average Bonchev–Trinajstić information content (AvgIpc) is 3.15. The van der Waals surface area contributed by atoms with Gasteiger partial charge in [-0.25, -0.2) is 14.0 Å². The number of aliphatic hydroxyl groups is 3. The van der Waals surface area contributed by atoms with Crippen molar-refractivity contribution in [1.82, 2.24) is 14.2 Å². The molecule has 2 rings (SSSR count). The van der Waals surface area contributed by atoms with Crippen molar-refractivity contribution in [2.45, 2.75) is 90.3 Å². The molecule has 41 heavy (non-hydrogen) atoms. The van der Waals surface area contributed by atoms with Crippen molar-refractivity contribution in [2.24, 2.45) is 5.41 Å². The Bertz CT molecular complexity index is 1090. The molecule has 0 amide bonds. The summed E-state index contributed by atoms with van der Waals surface area (Å²) < 4.78 is 33.7. The Kier molecular flexibility index (Phi) is 13.9. The average molecular weight is 623 g/mol. The van der Waals surface area contributed by atoms with Crippen LogP contribution in [-0.4, -0.2) is 91.6 Å². The van der Waals surface area contributed by atoms with E-state index < -0.39 is 49.5 Å². The Morgan fingerprint density at radius 1 is 1.29 bits per heavy atom. The lowest BCUT2D eigenvalue weighted by molar-refractivity contribution is -0.119. The quantitative estimate of drug-likeness (QED) is 0.138. The van der Waals surface area contributed by atoms with Crippen LogP contribution in [0, 0.1) is 5.41 Å². The second-order valence-electron chi connectivity index (χ2n) is 11.2. The highest BCUT2D eigenvalue weighted by Crippen LogP contribution is 2.52. The van der Waals surface area contributed by atoms with Gasteiger partial charge in [0.05, 0.1) is 25.2 Å². The predicted molar refractivity (Wildman–Crippen MR) is 157 cm³/mol. The molecule has 0 aliphatic carbocycles. The number of hydrogen-bond donors (Lipinski definition) is 4. The molecule has 0 saturated carbocycles. The van der Waals surface area contributed by atoms with E-state index in [4.69, 9.17) is 19.5 Å². The van der Waals surface area contributed by atoms with Crippen LogP contribution in [-0.2, 0) is 23.1 Å². The summed E-state index contributed by atoms with van der Waals surface area (Å²) in [6.07, 6.45) is 3.56. The van der Waals surface area contributed by atoms with Crippen LogP contribution in [0.1, 0.15) is 72.4 Å². The molecule has 2 unspecified atom stereocenters. The van der Waals surface area contributed by atoms with Crippen molar-refractivity contribution in [1.29, 1.82) is 0 Å². The summed E-state index contributed by atoms with van der Waals surface area (Å²) in [5.74, 6) is 0.183. The molecule has 13 nitrogen and oxygen atoms in total. The molecular formula is C26H47N4O9PS.